The molecular formula is C22H27N5OS. The van der Waals surface area contributed by atoms with E-state index in [1.165, 1.54) is 5.01 Å². The van der Waals surface area contributed by atoms with Crippen molar-refractivity contribution in [3.63, 3.8) is 0 Å². The minimum absolute atomic E-state index is 0.0363. The summed E-state index contributed by atoms with van der Waals surface area (Å²) in [6, 6.07) is 10.4. The second-order valence-electron chi connectivity index (χ2n) is 8.40. The average Bonchev–Trinajstić information content (AvgIpc) is 3.08. The zero-order chi connectivity index (χ0) is 21.2. The zero-order valence-electron chi connectivity index (χ0n) is 17.8. The fraction of sp³-hybridized carbons (Fsp3) is 0.364. The fourth-order valence-corrected chi connectivity index (χ4v) is 3.71. The summed E-state index contributed by atoms with van der Waals surface area (Å²) >= 11 is 1.58. The summed E-state index contributed by atoms with van der Waals surface area (Å²) < 4.78 is 1.91. The molecule has 0 saturated carbocycles. The van der Waals surface area contributed by atoms with E-state index in [1.54, 1.807) is 11.3 Å². The Bertz CT molecular complexity index is 1090. The van der Waals surface area contributed by atoms with Gasteiger partial charge in [-0.05, 0) is 54.2 Å². The van der Waals surface area contributed by atoms with Gasteiger partial charge in [0, 0.05) is 25.4 Å². The molecule has 1 aromatic carbocycles. The first-order chi connectivity index (χ1) is 13.7. The highest BCUT2D eigenvalue weighted by Gasteiger charge is 2.15. The van der Waals surface area contributed by atoms with Crippen LogP contribution in [0.1, 0.15) is 31.3 Å². The Morgan fingerprint density at radius 2 is 1.90 bits per heavy atom. The minimum atomic E-state index is -0.0363. The summed E-state index contributed by atoms with van der Waals surface area (Å²) in [7, 11) is 1.93. The number of aryl methyl sites for hydroxylation is 3. The lowest BCUT2D eigenvalue weighted by molar-refractivity contribution is -0.119. The monoisotopic (exact) mass is 409 g/mol. The van der Waals surface area contributed by atoms with Crippen LogP contribution < -0.4 is 5.49 Å². The third-order valence-electron chi connectivity index (χ3n) is 4.43. The Hall–Kier alpha value is -2.80. The van der Waals surface area contributed by atoms with Gasteiger partial charge in [0.2, 0.25) is 6.41 Å². The lowest BCUT2D eigenvalue weighted by Crippen LogP contribution is -2.31. The molecule has 0 atom stereocenters. The molecule has 3 rings (SSSR count). The number of carbonyl (C=O) groups is 1. The summed E-state index contributed by atoms with van der Waals surface area (Å²) in [6.45, 7) is 10.8. The van der Waals surface area contributed by atoms with Gasteiger partial charge in [-0.25, -0.2) is 5.01 Å². The van der Waals surface area contributed by atoms with E-state index in [-0.39, 0.29) is 5.41 Å². The molecule has 0 aliphatic heterocycles. The maximum absolute atomic E-state index is 11.5. The molecule has 0 fully saturated rings. The molecular weight excluding hydrogens is 382 g/mol. The normalized spacial score (nSPS) is 12.3. The van der Waals surface area contributed by atoms with E-state index in [9.17, 15) is 4.79 Å². The van der Waals surface area contributed by atoms with Gasteiger partial charge in [0.15, 0.2) is 5.49 Å². The van der Waals surface area contributed by atoms with Crippen molar-refractivity contribution >= 4 is 17.7 Å². The second kappa shape index (κ2) is 8.29. The third kappa shape index (κ3) is 5.17. The van der Waals surface area contributed by atoms with Crippen LogP contribution in [0.5, 0.6) is 0 Å². The smallest absolute Gasteiger partial charge is 0.229 e. The first kappa shape index (κ1) is 20.9. The molecule has 0 unspecified atom stereocenters. The van der Waals surface area contributed by atoms with Crippen molar-refractivity contribution in [2.45, 2.75) is 34.6 Å². The van der Waals surface area contributed by atoms with E-state index in [4.69, 9.17) is 0 Å². The minimum Gasteiger partial charge on any atom is -0.335 e. The molecule has 6 nitrogen and oxygen atoms in total. The highest BCUT2D eigenvalue weighted by Crippen LogP contribution is 2.30. The predicted octanol–water partition coefficient (Wildman–Crippen LogP) is 4.15. The first-order valence-corrected chi connectivity index (χ1v) is 10.3. The largest absolute Gasteiger partial charge is 0.335 e. The number of nitrogens with zero attached hydrogens (tertiary/aromatic N) is 5. The molecule has 2 heterocycles. The van der Waals surface area contributed by atoms with Crippen molar-refractivity contribution in [2.24, 2.45) is 17.6 Å². The van der Waals surface area contributed by atoms with E-state index in [2.05, 4.69) is 67.3 Å². The van der Waals surface area contributed by atoms with E-state index < -0.39 is 0 Å². The Labute approximate surface area is 175 Å². The Morgan fingerprint density at radius 1 is 1.14 bits per heavy atom. The number of amides is 1. The molecule has 0 aliphatic carbocycles. The van der Waals surface area contributed by atoms with Gasteiger partial charge < -0.3 is 4.57 Å². The average molecular weight is 410 g/mol. The highest BCUT2D eigenvalue weighted by molar-refractivity contribution is 7.14. The molecule has 0 radical (unpaired) electrons. The SMILES string of the molecule is Cc1nnc(-c2ccc(C)c(-c3ccn(C)/c(=N\N(C=O)CC(C)(C)C)c3)c2)s1. The maximum Gasteiger partial charge on any atom is 0.229 e. The predicted molar refractivity (Wildman–Crippen MR) is 117 cm³/mol. The van der Waals surface area contributed by atoms with E-state index in [0.717, 1.165) is 44.2 Å². The number of rotatable bonds is 5. The van der Waals surface area contributed by atoms with Crippen LogP contribution in [0.25, 0.3) is 21.7 Å². The molecule has 0 bridgehead atoms. The third-order valence-corrected chi connectivity index (χ3v) is 5.32. The van der Waals surface area contributed by atoms with Crippen LogP contribution in [0.15, 0.2) is 41.6 Å². The van der Waals surface area contributed by atoms with E-state index in [1.807, 2.05) is 30.8 Å². The summed E-state index contributed by atoms with van der Waals surface area (Å²) in [4.78, 5) is 11.5. The number of hydrogen-bond donors (Lipinski definition) is 0. The number of aromatic nitrogens is 3. The molecule has 0 aliphatic rings. The van der Waals surface area contributed by atoms with Crippen LogP contribution >= 0.6 is 11.3 Å². The number of pyridine rings is 1. The van der Waals surface area contributed by atoms with Crippen LogP contribution in [0.3, 0.4) is 0 Å². The lowest BCUT2D eigenvalue weighted by Gasteiger charge is -2.22. The first-order valence-electron chi connectivity index (χ1n) is 9.51. The van der Waals surface area contributed by atoms with Gasteiger partial charge in [-0.3, -0.25) is 4.79 Å². The molecule has 2 aromatic heterocycles. The van der Waals surface area contributed by atoms with Crippen LogP contribution in [0, 0.1) is 19.3 Å². The van der Waals surface area contributed by atoms with Crippen LogP contribution in [0.2, 0.25) is 0 Å². The van der Waals surface area contributed by atoms with Gasteiger partial charge in [-0.15, -0.1) is 10.2 Å². The van der Waals surface area contributed by atoms with Gasteiger partial charge in [-0.2, -0.15) is 5.10 Å². The van der Waals surface area contributed by atoms with Crippen molar-refractivity contribution < 1.29 is 4.79 Å². The lowest BCUT2D eigenvalue weighted by atomic mass is 9.97. The summed E-state index contributed by atoms with van der Waals surface area (Å²) in [6.07, 6.45) is 2.75. The zero-order valence-corrected chi connectivity index (χ0v) is 18.6. The summed E-state index contributed by atoms with van der Waals surface area (Å²) in [5.41, 5.74) is 5.05. The quantitative estimate of drug-likeness (QED) is 0.470. The van der Waals surface area contributed by atoms with Gasteiger partial charge in [0.1, 0.15) is 10.0 Å². The molecule has 1 amide bonds. The van der Waals surface area contributed by atoms with Gasteiger partial charge >= 0.3 is 0 Å². The van der Waals surface area contributed by atoms with Gasteiger partial charge in [0.25, 0.3) is 0 Å². The maximum atomic E-state index is 11.5. The Kier molecular flexibility index (Phi) is 5.98. The molecule has 0 N–H and O–H groups in total. The van der Waals surface area contributed by atoms with Crippen LogP contribution in [-0.2, 0) is 11.8 Å². The Morgan fingerprint density at radius 3 is 2.52 bits per heavy atom. The topological polar surface area (TPSA) is 63.4 Å². The van der Waals surface area contributed by atoms with Crippen molar-refractivity contribution in [3.8, 4) is 21.7 Å². The van der Waals surface area contributed by atoms with E-state index in [0.29, 0.717) is 6.54 Å². The van der Waals surface area contributed by atoms with Crippen molar-refractivity contribution in [1.29, 1.82) is 0 Å². The standard InChI is InChI=1S/C22H27N5OS/c1-15-7-8-18(21-24-23-16(2)29-21)11-19(15)17-9-10-26(6)20(12-17)25-27(14-28)13-22(3,4)5/h7-12,14H,13H2,1-6H3/b25-20-. The van der Waals surface area contributed by atoms with Crippen molar-refractivity contribution in [1.82, 2.24) is 19.8 Å². The molecule has 7 heteroatoms. The Balaban J connectivity index is 2.05. The van der Waals surface area contributed by atoms with E-state index >= 15 is 0 Å². The summed E-state index contributed by atoms with van der Waals surface area (Å²) in [5, 5.41) is 16.3. The van der Waals surface area contributed by atoms with Crippen molar-refractivity contribution in [3.05, 3.63) is 52.6 Å². The molecule has 152 valence electrons. The molecule has 0 spiro atoms. The molecule has 29 heavy (non-hydrogen) atoms. The fourth-order valence-electron chi connectivity index (χ4n) is 3.02. The number of benzene rings is 1. The van der Waals surface area contributed by atoms with Crippen LogP contribution in [-0.4, -0.2) is 32.7 Å². The second-order valence-corrected chi connectivity index (χ2v) is 9.59. The van der Waals surface area contributed by atoms with Crippen molar-refractivity contribution in [2.75, 3.05) is 6.54 Å². The highest BCUT2D eigenvalue weighted by atomic mass is 32.1. The van der Waals surface area contributed by atoms with Gasteiger partial charge in [0.05, 0.1) is 0 Å². The van der Waals surface area contributed by atoms with Gasteiger partial charge in [-0.1, -0.05) is 44.2 Å². The summed E-state index contributed by atoms with van der Waals surface area (Å²) in [5.74, 6) is 0. The van der Waals surface area contributed by atoms with Crippen LogP contribution in [0.4, 0.5) is 0 Å². The number of carbonyl (C=O) groups excluding carboxylic acids is 1. The molecule has 3 aromatic rings. The number of hydrogen-bond acceptors (Lipinski definition) is 5. The molecule has 0 saturated heterocycles.